The van der Waals surface area contributed by atoms with Crippen LogP contribution >= 0.6 is 0 Å². The van der Waals surface area contributed by atoms with Crippen molar-refractivity contribution in [2.45, 2.75) is 6.92 Å². The number of benzene rings is 2. The summed E-state index contributed by atoms with van der Waals surface area (Å²) >= 11 is 0. The van der Waals surface area contributed by atoms with Gasteiger partial charge in [0.25, 0.3) is 11.6 Å². The standard InChI is InChI=1S/C18H16N2O5/c1-13-7-9-15(11-16(13)20(23)24)19-17(21)12-25-18(22)10-8-14-5-3-2-4-6-14/h2-11H,12H2,1H3,(H,19,21)/b10-8+. The number of nitro groups is 1. The second-order valence-corrected chi connectivity index (χ2v) is 5.16. The quantitative estimate of drug-likeness (QED) is 0.377. The van der Waals surface area contributed by atoms with Crippen LogP contribution < -0.4 is 5.32 Å². The normalized spacial score (nSPS) is 10.4. The van der Waals surface area contributed by atoms with E-state index in [1.807, 2.05) is 30.3 Å². The van der Waals surface area contributed by atoms with Crippen molar-refractivity contribution in [1.82, 2.24) is 0 Å². The molecule has 1 amide bonds. The van der Waals surface area contributed by atoms with E-state index in [9.17, 15) is 19.7 Å². The van der Waals surface area contributed by atoms with E-state index < -0.39 is 23.4 Å². The molecule has 1 N–H and O–H groups in total. The molecule has 2 rings (SSSR count). The van der Waals surface area contributed by atoms with Crippen LogP contribution in [0.15, 0.2) is 54.6 Å². The van der Waals surface area contributed by atoms with Crippen molar-refractivity contribution in [3.05, 3.63) is 75.8 Å². The predicted octanol–water partition coefficient (Wildman–Crippen LogP) is 3.10. The minimum atomic E-state index is -0.658. The zero-order chi connectivity index (χ0) is 18.2. The summed E-state index contributed by atoms with van der Waals surface area (Å²) in [5.41, 5.74) is 1.48. The molecule has 128 valence electrons. The van der Waals surface area contributed by atoms with E-state index >= 15 is 0 Å². The Morgan fingerprint density at radius 1 is 1.20 bits per heavy atom. The van der Waals surface area contributed by atoms with E-state index in [1.54, 1.807) is 13.0 Å². The van der Waals surface area contributed by atoms with Crippen molar-refractivity contribution in [2.75, 3.05) is 11.9 Å². The fourth-order valence-electron chi connectivity index (χ4n) is 1.99. The van der Waals surface area contributed by atoms with Crippen molar-refractivity contribution in [1.29, 1.82) is 0 Å². The van der Waals surface area contributed by atoms with Gasteiger partial charge < -0.3 is 10.1 Å². The zero-order valence-electron chi connectivity index (χ0n) is 13.5. The molecule has 0 unspecified atom stereocenters. The molecule has 25 heavy (non-hydrogen) atoms. The first kappa shape index (κ1) is 17.9. The molecule has 0 spiro atoms. The van der Waals surface area contributed by atoms with Gasteiger partial charge in [0.15, 0.2) is 6.61 Å². The van der Waals surface area contributed by atoms with E-state index in [1.165, 1.54) is 24.3 Å². The zero-order valence-corrected chi connectivity index (χ0v) is 13.5. The molecule has 0 saturated carbocycles. The lowest BCUT2D eigenvalue weighted by atomic mass is 10.2. The van der Waals surface area contributed by atoms with Gasteiger partial charge in [-0.1, -0.05) is 36.4 Å². The maximum absolute atomic E-state index is 11.8. The summed E-state index contributed by atoms with van der Waals surface area (Å²) < 4.78 is 4.83. The number of nitrogens with zero attached hydrogens (tertiary/aromatic N) is 1. The van der Waals surface area contributed by atoms with Gasteiger partial charge >= 0.3 is 5.97 Å². The van der Waals surface area contributed by atoms with Gasteiger partial charge in [-0.25, -0.2) is 4.79 Å². The number of carbonyl (C=O) groups excluding carboxylic acids is 2. The monoisotopic (exact) mass is 340 g/mol. The minimum absolute atomic E-state index is 0.0967. The van der Waals surface area contributed by atoms with E-state index in [4.69, 9.17) is 4.74 Å². The van der Waals surface area contributed by atoms with Crippen LogP contribution in [0, 0.1) is 17.0 Å². The first-order chi connectivity index (χ1) is 12.0. The van der Waals surface area contributed by atoms with Gasteiger partial charge in [-0.3, -0.25) is 14.9 Å². The maximum atomic E-state index is 11.8. The van der Waals surface area contributed by atoms with E-state index in [0.717, 1.165) is 5.56 Å². The summed E-state index contributed by atoms with van der Waals surface area (Å²) in [5, 5.41) is 13.3. The molecule has 0 aromatic heterocycles. The molecule has 0 saturated heterocycles. The Hall–Kier alpha value is -3.48. The molecule has 0 heterocycles. The topological polar surface area (TPSA) is 98.5 Å². The molecule has 0 aliphatic rings. The third kappa shape index (κ3) is 5.58. The largest absolute Gasteiger partial charge is 0.452 e. The summed E-state index contributed by atoms with van der Waals surface area (Å²) in [7, 11) is 0. The summed E-state index contributed by atoms with van der Waals surface area (Å²) in [5.74, 6) is -1.24. The highest BCUT2D eigenvalue weighted by atomic mass is 16.6. The van der Waals surface area contributed by atoms with Gasteiger partial charge in [0.2, 0.25) is 0 Å². The third-order valence-corrected chi connectivity index (χ3v) is 3.25. The second-order valence-electron chi connectivity index (χ2n) is 5.16. The average molecular weight is 340 g/mol. The maximum Gasteiger partial charge on any atom is 0.331 e. The average Bonchev–Trinajstić information content (AvgIpc) is 2.60. The molecule has 7 nitrogen and oxygen atoms in total. The molecule has 0 aliphatic heterocycles. The lowest BCUT2D eigenvalue weighted by Crippen LogP contribution is -2.20. The van der Waals surface area contributed by atoms with Crippen LogP contribution in [0.25, 0.3) is 6.08 Å². The molecule has 2 aromatic rings. The van der Waals surface area contributed by atoms with E-state index in [-0.39, 0.29) is 11.4 Å². The highest BCUT2D eigenvalue weighted by Gasteiger charge is 2.13. The number of aryl methyl sites for hydroxylation is 1. The van der Waals surface area contributed by atoms with Gasteiger partial charge in [-0.05, 0) is 24.6 Å². The fraction of sp³-hybridized carbons (Fsp3) is 0.111. The van der Waals surface area contributed by atoms with Crippen LogP contribution in [0.1, 0.15) is 11.1 Å². The number of ether oxygens (including phenoxy) is 1. The molecular weight excluding hydrogens is 324 g/mol. The Bertz CT molecular complexity index is 815. The van der Waals surface area contributed by atoms with Gasteiger partial charge in [0.1, 0.15) is 0 Å². The molecule has 0 atom stereocenters. The number of nitro benzene ring substituents is 1. The van der Waals surface area contributed by atoms with Gasteiger partial charge in [0.05, 0.1) is 4.92 Å². The van der Waals surface area contributed by atoms with E-state index in [2.05, 4.69) is 5.32 Å². The molecule has 0 aliphatic carbocycles. The molecule has 2 aromatic carbocycles. The summed E-state index contributed by atoms with van der Waals surface area (Å²) in [6.45, 7) is 1.12. The number of nitrogens with one attached hydrogen (secondary N) is 1. The molecule has 0 radical (unpaired) electrons. The Morgan fingerprint density at radius 2 is 1.92 bits per heavy atom. The van der Waals surface area contributed by atoms with Gasteiger partial charge in [-0.2, -0.15) is 0 Å². The van der Waals surface area contributed by atoms with Crippen molar-refractivity contribution in [3.8, 4) is 0 Å². The summed E-state index contributed by atoms with van der Waals surface area (Å²) in [6, 6.07) is 13.5. The number of anilines is 1. The van der Waals surface area contributed by atoms with Crippen molar-refractivity contribution in [3.63, 3.8) is 0 Å². The number of carbonyl (C=O) groups is 2. The SMILES string of the molecule is Cc1ccc(NC(=O)COC(=O)/C=C/c2ccccc2)cc1[N+](=O)[O-]. The number of hydrogen-bond acceptors (Lipinski definition) is 5. The Kier molecular flexibility index (Phi) is 6.00. The van der Waals surface area contributed by atoms with Crippen molar-refractivity contribution in [2.24, 2.45) is 0 Å². The van der Waals surface area contributed by atoms with Crippen LogP contribution in [-0.4, -0.2) is 23.4 Å². The fourth-order valence-corrected chi connectivity index (χ4v) is 1.99. The molecular formula is C18H16N2O5. The molecule has 0 bridgehead atoms. The van der Waals surface area contributed by atoms with Crippen LogP contribution in [0.2, 0.25) is 0 Å². The lowest BCUT2D eigenvalue weighted by molar-refractivity contribution is -0.385. The Morgan fingerprint density at radius 3 is 2.60 bits per heavy atom. The lowest BCUT2D eigenvalue weighted by Gasteiger charge is -2.06. The highest BCUT2D eigenvalue weighted by molar-refractivity contribution is 5.94. The van der Waals surface area contributed by atoms with Crippen molar-refractivity contribution < 1.29 is 19.2 Å². The minimum Gasteiger partial charge on any atom is -0.452 e. The predicted molar refractivity (Wildman–Crippen MR) is 92.9 cm³/mol. The second kappa shape index (κ2) is 8.39. The Labute approximate surface area is 144 Å². The molecule has 0 fully saturated rings. The van der Waals surface area contributed by atoms with Gasteiger partial charge in [-0.15, -0.1) is 0 Å². The first-order valence-corrected chi connectivity index (χ1v) is 7.40. The third-order valence-electron chi connectivity index (χ3n) is 3.25. The Balaban J connectivity index is 1.86. The van der Waals surface area contributed by atoms with Gasteiger partial charge in [0, 0.05) is 23.4 Å². The summed E-state index contributed by atoms with van der Waals surface area (Å²) in [4.78, 5) is 33.7. The number of rotatable bonds is 6. The highest BCUT2D eigenvalue weighted by Crippen LogP contribution is 2.22. The molecule has 7 heteroatoms. The van der Waals surface area contributed by atoms with Crippen molar-refractivity contribution >= 4 is 29.3 Å². The van der Waals surface area contributed by atoms with Crippen LogP contribution in [0.5, 0.6) is 0 Å². The number of amides is 1. The number of esters is 1. The first-order valence-electron chi connectivity index (χ1n) is 7.40. The van der Waals surface area contributed by atoms with Crippen LogP contribution in [0.4, 0.5) is 11.4 Å². The van der Waals surface area contributed by atoms with Crippen LogP contribution in [-0.2, 0) is 14.3 Å². The van der Waals surface area contributed by atoms with Crippen LogP contribution in [0.3, 0.4) is 0 Å². The smallest absolute Gasteiger partial charge is 0.331 e. The number of hydrogen-bond donors (Lipinski definition) is 1. The summed E-state index contributed by atoms with van der Waals surface area (Å²) in [6.07, 6.45) is 2.79. The van der Waals surface area contributed by atoms with E-state index in [0.29, 0.717) is 5.56 Å².